The van der Waals surface area contributed by atoms with E-state index in [2.05, 4.69) is 5.32 Å². The van der Waals surface area contributed by atoms with Crippen molar-refractivity contribution in [2.24, 2.45) is 5.73 Å². The van der Waals surface area contributed by atoms with Crippen LogP contribution in [0.1, 0.15) is 26.7 Å². The summed E-state index contributed by atoms with van der Waals surface area (Å²) in [5.41, 5.74) is 7.67. The lowest BCUT2D eigenvalue weighted by Gasteiger charge is -2.28. The van der Waals surface area contributed by atoms with E-state index in [9.17, 15) is 14.4 Å². The van der Waals surface area contributed by atoms with Crippen molar-refractivity contribution in [1.82, 2.24) is 10.2 Å². The highest BCUT2D eigenvalue weighted by atomic mass is 16.2. The first kappa shape index (κ1) is 13.3. The third-order valence-corrected chi connectivity index (χ3v) is 3.50. The Hall–Kier alpha value is -2.11. The fourth-order valence-electron chi connectivity index (χ4n) is 2.48. The molecule has 102 valence electrons. The molecule has 3 amide bonds. The van der Waals surface area contributed by atoms with Gasteiger partial charge >= 0.3 is 0 Å². The molecule has 6 heteroatoms. The molecule has 0 radical (unpaired) electrons. The molecule has 6 nitrogen and oxygen atoms in total. The molecule has 19 heavy (non-hydrogen) atoms. The Labute approximate surface area is 111 Å². The first-order valence-electron chi connectivity index (χ1n) is 6.22. The van der Waals surface area contributed by atoms with Crippen LogP contribution in [0.15, 0.2) is 22.9 Å². The third kappa shape index (κ3) is 2.25. The molecule has 0 aromatic heterocycles. The van der Waals surface area contributed by atoms with Gasteiger partial charge in [0.05, 0.1) is 0 Å². The van der Waals surface area contributed by atoms with Gasteiger partial charge in [0, 0.05) is 29.8 Å². The van der Waals surface area contributed by atoms with Gasteiger partial charge in [-0.2, -0.15) is 0 Å². The topological polar surface area (TPSA) is 92.5 Å². The van der Waals surface area contributed by atoms with Crippen LogP contribution in [0, 0.1) is 0 Å². The molecule has 0 aromatic carbocycles. The Morgan fingerprint density at radius 2 is 2.11 bits per heavy atom. The van der Waals surface area contributed by atoms with Crippen LogP contribution in [0.3, 0.4) is 0 Å². The summed E-state index contributed by atoms with van der Waals surface area (Å²) in [6.45, 7) is 3.83. The second-order valence-corrected chi connectivity index (χ2v) is 4.76. The third-order valence-electron chi connectivity index (χ3n) is 3.50. The van der Waals surface area contributed by atoms with Crippen molar-refractivity contribution in [3.05, 3.63) is 22.9 Å². The number of hydrogen-bond acceptors (Lipinski definition) is 4. The highest BCUT2D eigenvalue weighted by molar-refractivity contribution is 6.06. The lowest BCUT2D eigenvalue weighted by Crippen LogP contribution is -2.52. The number of allylic oxidation sites excluding steroid dienone is 2. The summed E-state index contributed by atoms with van der Waals surface area (Å²) in [5.74, 6) is -0.891. The van der Waals surface area contributed by atoms with Crippen molar-refractivity contribution >= 4 is 17.7 Å². The predicted octanol–water partition coefficient (Wildman–Crippen LogP) is -0.187. The maximum absolute atomic E-state index is 12.3. The molecular weight excluding hydrogens is 246 g/mol. The summed E-state index contributed by atoms with van der Waals surface area (Å²) in [6, 6.07) is -0.586. The molecule has 0 saturated carbocycles. The van der Waals surface area contributed by atoms with Crippen LogP contribution in [0.4, 0.5) is 0 Å². The molecule has 0 spiro atoms. The van der Waals surface area contributed by atoms with Crippen LogP contribution in [-0.4, -0.2) is 35.2 Å². The molecule has 1 unspecified atom stereocenters. The summed E-state index contributed by atoms with van der Waals surface area (Å²) < 4.78 is 0. The number of hydrogen-bond donors (Lipinski definition) is 2. The second-order valence-electron chi connectivity index (χ2n) is 4.76. The summed E-state index contributed by atoms with van der Waals surface area (Å²) >= 11 is 0. The monoisotopic (exact) mass is 263 g/mol. The van der Waals surface area contributed by atoms with Crippen LogP contribution in [-0.2, 0) is 14.4 Å². The Morgan fingerprint density at radius 1 is 1.42 bits per heavy atom. The van der Waals surface area contributed by atoms with Gasteiger partial charge in [-0.05, 0) is 20.3 Å². The van der Waals surface area contributed by atoms with Gasteiger partial charge in [-0.1, -0.05) is 6.08 Å². The first-order valence-corrected chi connectivity index (χ1v) is 6.22. The Kier molecular flexibility index (Phi) is 3.42. The molecule has 0 aliphatic carbocycles. The molecule has 2 aliphatic rings. The van der Waals surface area contributed by atoms with E-state index in [1.165, 1.54) is 4.90 Å². The van der Waals surface area contributed by atoms with Crippen LogP contribution in [0.5, 0.6) is 0 Å². The van der Waals surface area contributed by atoms with E-state index in [0.29, 0.717) is 24.2 Å². The van der Waals surface area contributed by atoms with Crippen molar-refractivity contribution in [3.8, 4) is 0 Å². The minimum absolute atomic E-state index is 0.197. The van der Waals surface area contributed by atoms with Crippen molar-refractivity contribution in [2.75, 3.05) is 6.54 Å². The highest BCUT2D eigenvalue weighted by Crippen LogP contribution is 2.28. The van der Waals surface area contributed by atoms with Crippen molar-refractivity contribution in [1.29, 1.82) is 0 Å². The van der Waals surface area contributed by atoms with Crippen LogP contribution >= 0.6 is 0 Å². The molecule has 2 fully saturated rings. The summed E-state index contributed by atoms with van der Waals surface area (Å²) in [6.07, 6.45) is 2.33. The molecule has 2 rings (SSSR count). The zero-order valence-electron chi connectivity index (χ0n) is 11.0. The number of nitrogens with zero attached hydrogens (tertiary/aromatic N) is 1. The number of imide groups is 1. The lowest BCUT2D eigenvalue weighted by molar-refractivity contribution is -0.142. The number of nitrogens with one attached hydrogen (secondary N) is 1. The molecule has 1 atom stereocenters. The van der Waals surface area contributed by atoms with Crippen molar-refractivity contribution in [3.63, 3.8) is 0 Å². The number of carbonyl (C=O) groups is 3. The summed E-state index contributed by atoms with van der Waals surface area (Å²) in [4.78, 5) is 36.7. The average Bonchev–Trinajstić information content (AvgIpc) is 2.66. The average molecular weight is 263 g/mol. The maximum Gasteiger partial charge on any atom is 0.254 e. The van der Waals surface area contributed by atoms with E-state index in [1.54, 1.807) is 19.9 Å². The largest absolute Gasteiger partial charge is 0.402 e. The predicted molar refractivity (Wildman–Crippen MR) is 68.5 cm³/mol. The summed E-state index contributed by atoms with van der Waals surface area (Å²) in [5, 5.41) is 2.27. The molecule has 0 bridgehead atoms. The zero-order valence-corrected chi connectivity index (χ0v) is 11.0. The molecule has 3 N–H and O–H groups in total. The van der Waals surface area contributed by atoms with Gasteiger partial charge in [-0.3, -0.25) is 19.7 Å². The SMILES string of the molecule is C/C=C1/C(=O)N(C2CCC(=O)NC2=O)C/C1=C(/C)N. The van der Waals surface area contributed by atoms with E-state index >= 15 is 0 Å². The minimum atomic E-state index is -0.586. The normalized spacial score (nSPS) is 28.9. The quantitative estimate of drug-likeness (QED) is 0.506. The fourth-order valence-corrected chi connectivity index (χ4v) is 2.48. The van der Waals surface area contributed by atoms with Gasteiger partial charge < -0.3 is 10.6 Å². The number of nitrogens with two attached hydrogens (primary N) is 1. The van der Waals surface area contributed by atoms with E-state index in [-0.39, 0.29) is 18.2 Å². The van der Waals surface area contributed by atoms with E-state index in [0.717, 1.165) is 5.57 Å². The zero-order chi connectivity index (χ0) is 14.2. The van der Waals surface area contributed by atoms with Crippen LogP contribution < -0.4 is 11.1 Å². The Balaban J connectivity index is 2.28. The van der Waals surface area contributed by atoms with Gasteiger partial charge in [0.25, 0.3) is 5.91 Å². The summed E-state index contributed by atoms with van der Waals surface area (Å²) in [7, 11) is 0. The highest BCUT2D eigenvalue weighted by Gasteiger charge is 2.40. The number of carbonyl (C=O) groups excluding carboxylic acids is 3. The lowest BCUT2D eigenvalue weighted by atomic mass is 10.0. The smallest absolute Gasteiger partial charge is 0.254 e. The van der Waals surface area contributed by atoms with Crippen molar-refractivity contribution < 1.29 is 14.4 Å². The molecule has 2 heterocycles. The van der Waals surface area contributed by atoms with Gasteiger partial charge in [0.2, 0.25) is 11.8 Å². The minimum Gasteiger partial charge on any atom is -0.402 e. The Bertz CT molecular complexity index is 515. The maximum atomic E-state index is 12.3. The van der Waals surface area contributed by atoms with E-state index in [1.807, 2.05) is 0 Å². The van der Waals surface area contributed by atoms with Gasteiger partial charge in [0.15, 0.2) is 0 Å². The number of likely N-dealkylation sites (tertiary alicyclic amines) is 1. The van der Waals surface area contributed by atoms with Crippen LogP contribution in [0.25, 0.3) is 0 Å². The van der Waals surface area contributed by atoms with Crippen molar-refractivity contribution in [2.45, 2.75) is 32.7 Å². The molecular formula is C13H17N3O3. The van der Waals surface area contributed by atoms with E-state index < -0.39 is 11.9 Å². The first-order chi connectivity index (χ1) is 8.95. The van der Waals surface area contributed by atoms with E-state index in [4.69, 9.17) is 5.73 Å². The second kappa shape index (κ2) is 4.87. The number of rotatable bonds is 1. The molecule has 2 aliphatic heterocycles. The standard InChI is InChI=1S/C13H17N3O3/c1-3-8-9(7(2)14)6-16(13(8)19)10-4-5-11(17)15-12(10)18/h3,10H,4-6,14H2,1-2H3,(H,15,17,18)/b8-3+,9-7+. The fraction of sp³-hybridized carbons (Fsp3) is 0.462. The Morgan fingerprint density at radius 3 is 2.58 bits per heavy atom. The van der Waals surface area contributed by atoms with Gasteiger partial charge in [-0.25, -0.2) is 0 Å². The van der Waals surface area contributed by atoms with Gasteiger partial charge in [-0.15, -0.1) is 0 Å². The molecule has 0 aromatic rings. The number of amides is 3. The van der Waals surface area contributed by atoms with Crippen LogP contribution in [0.2, 0.25) is 0 Å². The molecule has 2 saturated heterocycles. The number of piperidine rings is 1. The van der Waals surface area contributed by atoms with Gasteiger partial charge in [0.1, 0.15) is 6.04 Å².